The molecular formula is C14H21ClN4O. The van der Waals surface area contributed by atoms with E-state index >= 15 is 0 Å². The summed E-state index contributed by atoms with van der Waals surface area (Å²) in [6.45, 7) is 6.75. The van der Waals surface area contributed by atoms with Gasteiger partial charge in [-0.3, -0.25) is 4.79 Å². The van der Waals surface area contributed by atoms with Crippen molar-refractivity contribution in [3.8, 4) is 0 Å². The zero-order valence-electron chi connectivity index (χ0n) is 11.9. The van der Waals surface area contributed by atoms with Gasteiger partial charge in [-0.1, -0.05) is 18.5 Å². The second-order valence-electron chi connectivity index (χ2n) is 5.29. The molecule has 1 aliphatic heterocycles. The first-order chi connectivity index (χ1) is 9.49. The van der Waals surface area contributed by atoms with Crippen molar-refractivity contribution in [2.24, 2.45) is 11.7 Å². The predicted octanol–water partition coefficient (Wildman–Crippen LogP) is 1.37. The normalized spacial score (nSPS) is 18.8. The molecule has 2 N–H and O–H groups in total. The maximum atomic E-state index is 12.2. The summed E-state index contributed by atoms with van der Waals surface area (Å²) in [7, 11) is 0. The first kappa shape index (κ1) is 15.1. The van der Waals surface area contributed by atoms with Crippen LogP contribution in [0.15, 0.2) is 18.3 Å². The van der Waals surface area contributed by atoms with E-state index in [0.717, 1.165) is 18.9 Å². The third-order valence-corrected chi connectivity index (χ3v) is 4.03. The van der Waals surface area contributed by atoms with Crippen LogP contribution in [-0.4, -0.2) is 48.0 Å². The van der Waals surface area contributed by atoms with Crippen LogP contribution in [0.1, 0.15) is 13.8 Å². The van der Waals surface area contributed by atoms with Gasteiger partial charge < -0.3 is 15.5 Å². The van der Waals surface area contributed by atoms with Crippen molar-refractivity contribution in [1.82, 2.24) is 9.88 Å². The van der Waals surface area contributed by atoms with E-state index < -0.39 is 0 Å². The molecule has 2 rings (SSSR count). The van der Waals surface area contributed by atoms with Gasteiger partial charge in [-0.2, -0.15) is 0 Å². The largest absolute Gasteiger partial charge is 0.353 e. The van der Waals surface area contributed by atoms with E-state index in [4.69, 9.17) is 17.3 Å². The molecule has 2 heterocycles. The second kappa shape index (κ2) is 6.41. The maximum absolute atomic E-state index is 12.2. The van der Waals surface area contributed by atoms with Crippen molar-refractivity contribution in [1.29, 1.82) is 0 Å². The number of anilines is 1. The van der Waals surface area contributed by atoms with E-state index in [9.17, 15) is 4.79 Å². The number of halogens is 1. The third-order valence-electron chi connectivity index (χ3n) is 3.81. The second-order valence-corrected chi connectivity index (χ2v) is 5.73. The lowest BCUT2D eigenvalue weighted by Crippen LogP contribution is -2.52. The molecule has 0 saturated carbocycles. The topological polar surface area (TPSA) is 62.5 Å². The van der Waals surface area contributed by atoms with Crippen molar-refractivity contribution in [2.75, 3.05) is 31.1 Å². The number of carbonyl (C=O) groups excluding carboxylic acids is 1. The summed E-state index contributed by atoms with van der Waals surface area (Å²) in [5.74, 6) is 0.917. The van der Waals surface area contributed by atoms with Gasteiger partial charge in [-0.05, 0) is 19.1 Å². The number of amides is 1. The molecule has 20 heavy (non-hydrogen) atoms. The monoisotopic (exact) mass is 296 g/mol. The lowest BCUT2D eigenvalue weighted by Gasteiger charge is -2.37. The fourth-order valence-electron chi connectivity index (χ4n) is 2.22. The van der Waals surface area contributed by atoms with Crippen molar-refractivity contribution in [3.05, 3.63) is 23.4 Å². The summed E-state index contributed by atoms with van der Waals surface area (Å²) >= 11 is 5.83. The van der Waals surface area contributed by atoms with E-state index in [1.165, 1.54) is 0 Å². The third kappa shape index (κ3) is 3.41. The van der Waals surface area contributed by atoms with Gasteiger partial charge in [0.1, 0.15) is 5.82 Å². The van der Waals surface area contributed by atoms with Crippen LogP contribution in [0, 0.1) is 5.92 Å². The van der Waals surface area contributed by atoms with Gasteiger partial charge in [0.05, 0.1) is 10.9 Å². The minimum Gasteiger partial charge on any atom is -0.353 e. The molecular weight excluding hydrogens is 276 g/mol. The van der Waals surface area contributed by atoms with Crippen LogP contribution in [0.5, 0.6) is 0 Å². The Bertz CT molecular complexity index is 455. The lowest BCUT2D eigenvalue weighted by molar-refractivity contribution is -0.135. The highest BCUT2D eigenvalue weighted by atomic mass is 35.5. The van der Waals surface area contributed by atoms with Crippen LogP contribution in [0.2, 0.25) is 5.02 Å². The Morgan fingerprint density at radius 1 is 1.30 bits per heavy atom. The highest BCUT2D eigenvalue weighted by molar-refractivity contribution is 6.30. The molecule has 1 aromatic rings. The fourth-order valence-corrected chi connectivity index (χ4v) is 2.34. The van der Waals surface area contributed by atoms with Gasteiger partial charge in [-0.25, -0.2) is 4.98 Å². The standard InChI is InChI=1S/C14H21ClN4O/c1-10(11(2)16)14(20)19-7-5-18(6-8-19)13-4-3-12(15)9-17-13/h3-4,9-11H,5-8,16H2,1-2H3. The molecule has 2 atom stereocenters. The van der Waals surface area contributed by atoms with Crippen molar-refractivity contribution < 1.29 is 4.79 Å². The summed E-state index contributed by atoms with van der Waals surface area (Å²) in [6, 6.07) is 3.63. The molecule has 6 heteroatoms. The lowest BCUT2D eigenvalue weighted by atomic mass is 10.0. The SMILES string of the molecule is CC(N)C(C)C(=O)N1CCN(c2ccc(Cl)cn2)CC1. The number of piperazine rings is 1. The maximum Gasteiger partial charge on any atom is 0.227 e. The van der Waals surface area contributed by atoms with E-state index in [-0.39, 0.29) is 17.9 Å². The Morgan fingerprint density at radius 3 is 2.45 bits per heavy atom. The van der Waals surface area contributed by atoms with Crippen LogP contribution in [0.4, 0.5) is 5.82 Å². The number of rotatable bonds is 3. The van der Waals surface area contributed by atoms with Crippen LogP contribution in [0.3, 0.4) is 0 Å². The van der Waals surface area contributed by atoms with Gasteiger partial charge in [0, 0.05) is 38.4 Å². The number of nitrogens with zero attached hydrogens (tertiary/aromatic N) is 3. The molecule has 110 valence electrons. The molecule has 0 radical (unpaired) electrons. The number of pyridine rings is 1. The van der Waals surface area contributed by atoms with Crippen LogP contribution < -0.4 is 10.6 Å². The zero-order chi connectivity index (χ0) is 14.7. The van der Waals surface area contributed by atoms with Gasteiger partial charge >= 0.3 is 0 Å². The first-order valence-electron chi connectivity index (χ1n) is 6.90. The minimum absolute atomic E-state index is 0.113. The summed E-state index contributed by atoms with van der Waals surface area (Å²) in [6.07, 6.45) is 1.65. The van der Waals surface area contributed by atoms with Gasteiger partial charge in [0.25, 0.3) is 0 Å². The van der Waals surface area contributed by atoms with E-state index in [1.54, 1.807) is 6.20 Å². The molecule has 2 unspecified atom stereocenters. The Balaban J connectivity index is 1.92. The van der Waals surface area contributed by atoms with E-state index in [2.05, 4.69) is 9.88 Å². The van der Waals surface area contributed by atoms with Gasteiger partial charge in [0.2, 0.25) is 5.91 Å². The van der Waals surface area contributed by atoms with Crippen molar-refractivity contribution in [2.45, 2.75) is 19.9 Å². The first-order valence-corrected chi connectivity index (χ1v) is 7.27. The number of hydrogen-bond acceptors (Lipinski definition) is 4. The number of carbonyl (C=O) groups is 1. The highest BCUT2D eigenvalue weighted by Gasteiger charge is 2.26. The molecule has 1 aromatic heterocycles. The molecule has 0 aromatic carbocycles. The number of hydrogen-bond donors (Lipinski definition) is 1. The van der Waals surface area contributed by atoms with E-state index in [0.29, 0.717) is 18.1 Å². The van der Waals surface area contributed by atoms with Gasteiger partial charge in [-0.15, -0.1) is 0 Å². The van der Waals surface area contributed by atoms with Crippen LogP contribution in [-0.2, 0) is 4.79 Å². The average Bonchev–Trinajstić information content (AvgIpc) is 2.46. The molecule has 5 nitrogen and oxygen atoms in total. The summed E-state index contributed by atoms with van der Waals surface area (Å²) < 4.78 is 0. The van der Waals surface area contributed by atoms with Crippen LogP contribution >= 0.6 is 11.6 Å². The highest BCUT2D eigenvalue weighted by Crippen LogP contribution is 2.17. The Morgan fingerprint density at radius 2 is 1.95 bits per heavy atom. The Labute approximate surface area is 124 Å². The minimum atomic E-state index is -0.129. The summed E-state index contributed by atoms with van der Waals surface area (Å²) in [4.78, 5) is 20.6. The molecule has 0 bridgehead atoms. The average molecular weight is 297 g/mol. The molecule has 1 amide bonds. The Hall–Kier alpha value is -1.33. The van der Waals surface area contributed by atoms with Gasteiger partial charge in [0.15, 0.2) is 0 Å². The van der Waals surface area contributed by atoms with E-state index in [1.807, 2.05) is 30.9 Å². The quantitative estimate of drug-likeness (QED) is 0.915. The fraction of sp³-hybridized carbons (Fsp3) is 0.571. The summed E-state index contributed by atoms with van der Waals surface area (Å²) in [5, 5.41) is 0.633. The summed E-state index contributed by atoms with van der Waals surface area (Å²) in [5.41, 5.74) is 5.80. The van der Waals surface area contributed by atoms with Crippen molar-refractivity contribution >= 4 is 23.3 Å². The molecule has 1 fully saturated rings. The smallest absolute Gasteiger partial charge is 0.227 e. The molecule has 0 aliphatic carbocycles. The number of nitrogens with two attached hydrogens (primary N) is 1. The molecule has 0 spiro atoms. The molecule has 1 aliphatic rings. The Kier molecular flexibility index (Phi) is 4.83. The van der Waals surface area contributed by atoms with Crippen molar-refractivity contribution in [3.63, 3.8) is 0 Å². The predicted molar refractivity (Wildman–Crippen MR) is 80.9 cm³/mol. The zero-order valence-corrected chi connectivity index (χ0v) is 12.7. The van der Waals surface area contributed by atoms with Crippen LogP contribution in [0.25, 0.3) is 0 Å². The number of aromatic nitrogens is 1. The molecule has 1 saturated heterocycles.